The van der Waals surface area contributed by atoms with Crippen molar-refractivity contribution < 1.29 is 18.8 Å². The lowest BCUT2D eigenvalue weighted by atomic mass is 9.84. The number of Topliss-reactive ketones (excluding diaryl/α,β-unsaturated/α-hetero) is 1. The number of rotatable bonds is 5. The van der Waals surface area contributed by atoms with Crippen molar-refractivity contribution in [2.45, 2.75) is 25.8 Å². The maximum atomic E-state index is 14.1. The van der Waals surface area contributed by atoms with Gasteiger partial charge in [-0.05, 0) is 19.1 Å². The van der Waals surface area contributed by atoms with Crippen molar-refractivity contribution in [3.8, 4) is 11.5 Å². The summed E-state index contributed by atoms with van der Waals surface area (Å²) >= 11 is 0. The van der Waals surface area contributed by atoms with Crippen LogP contribution in [0.2, 0.25) is 0 Å². The number of anilines is 2. The van der Waals surface area contributed by atoms with Crippen LogP contribution in [0.25, 0.3) is 11.5 Å². The first kappa shape index (κ1) is 20.1. The van der Waals surface area contributed by atoms with E-state index in [0.717, 1.165) is 0 Å². The second kappa shape index (κ2) is 6.97. The molecule has 31 heavy (non-hydrogen) atoms. The highest BCUT2D eigenvalue weighted by Crippen LogP contribution is 2.40. The second-order valence-electron chi connectivity index (χ2n) is 7.32. The lowest BCUT2D eigenvalue weighted by Crippen LogP contribution is -2.44. The van der Waals surface area contributed by atoms with E-state index in [1.807, 2.05) is 0 Å². The molecule has 0 aliphatic carbocycles. The standard InChI is InChI=1S/C20H18FN7O3/c1-9(29)13-7-12(27-28(13)8-10-5-3-4-6-11(10)21)16-24-15(22)14-17(25-16)26-19(31)20(14,2)18(23)30/h3-7H,8H2,1-2H3,(H2,23,30)(H3,22,24,25,26,31)/t20-/m1/s1. The number of primary amides is 1. The largest absolute Gasteiger partial charge is 0.383 e. The Morgan fingerprint density at radius 3 is 2.61 bits per heavy atom. The van der Waals surface area contributed by atoms with Crippen LogP contribution in [0.15, 0.2) is 30.3 Å². The molecule has 11 heteroatoms. The monoisotopic (exact) mass is 423 g/mol. The number of hydrogen-bond donors (Lipinski definition) is 3. The summed E-state index contributed by atoms with van der Waals surface area (Å²) in [6.07, 6.45) is 0. The number of nitrogen functional groups attached to an aromatic ring is 1. The number of nitrogens with one attached hydrogen (secondary N) is 1. The molecule has 2 aromatic heterocycles. The van der Waals surface area contributed by atoms with Crippen molar-refractivity contribution in [1.82, 2.24) is 19.7 Å². The highest BCUT2D eigenvalue weighted by Gasteiger charge is 2.51. The molecule has 5 N–H and O–H groups in total. The number of aromatic nitrogens is 4. The van der Waals surface area contributed by atoms with Crippen molar-refractivity contribution in [2.75, 3.05) is 11.1 Å². The molecule has 1 aliphatic rings. The molecule has 1 aliphatic heterocycles. The van der Waals surface area contributed by atoms with Gasteiger partial charge in [0.2, 0.25) is 11.8 Å². The van der Waals surface area contributed by atoms with Crippen LogP contribution in [0.3, 0.4) is 0 Å². The lowest BCUT2D eigenvalue weighted by Gasteiger charge is -2.18. The minimum Gasteiger partial charge on any atom is -0.383 e. The highest BCUT2D eigenvalue weighted by atomic mass is 19.1. The van der Waals surface area contributed by atoms with Crippen molar-refractivity contribution in [3.63, 3.8) is 0 Å². The summed E-state index contributed by atoms with van der Waals surface area (Å²) in [5.41, 5.74) is 10.6. The number of halogens is 1. The molecule has 1 atom stereocenters. The van der Waals surface area contributed by atoms with Crippen molar-refractivity contribution >= 4 is 29.2 Å². The first-order chi connectivity index (χ1) is 14.6. The number of amides is 2. The zero-order valence-electron chi connectivity index (χ0n) is 16.6. The summed E-state index contributed by atoms with van der Waals surface area (Å²) in [5, 5.41) is 6.83. The Bertz CT molecular complexity index is 1270. The molecule has 0 radical (unpaired) electrons. The first-order valence-electron chi connectivity index (χ1n) is 9.24. The molecule has 3 heterocycles. The predicted octanol–water partition coefficient (Wildman–Crippen LogP) is 1.01. The summed E-state index contributed by atoms with van der Waals surface area (Å²) < 4.78 is 15.4. The van der Waals surface area contributed by atoms with Crippen molar-refractivity contribution in [3.05, 3.63) is 53.0 Å². The molecule has 3 aromatic rings. The predicted molar refractivity (Wildman–Crippen MR) is 108 cm³/mol. The Morgan fingerprint density at radius 2 is 1.97 bits per heavy atom. The third-order valence-corrected chi connectivity index (χ3v) is 5.26. The van der Waals surface area contributed by atoms with E-state index in [9.17, 15) is 18.8 Å². The third-order valence-electron chi connectivity index (χ3n) is 5.26. The van der Waals surface area contributed by atoms with Gasteiger partial charge in [-0.2, -0.15) is 5.10 Å². The summed E-state index contributed by atoms with van der Waals surface area (Å²) in [4.78, 5) is 44.8. The molecular formula is C20H18FN7O3. The number of fused-ring (bicyclic) bond motifs is 1. The van der Waals surface area contributed by atoms with Crippen LogP contribution < -0.4 is 16.8 Å². The van der Waals surface area contributed by atoms with E-state index in [0.29, 0.717) is 5.56 Å². The Kier molecular flexibility index (Phi) is 4.53. The normalized spacial score (nSPS) is 17.3. The fourth-order valence-corrected chi connectivity index (χ4v) is 3.48. The van der Waals surface area contributed by atoms with E-state index in [1.54, 1.807) is 18.2 Å². The Balaban J connectivity index is 1.80. The van der Waals surface area contributed by atoms with Crippen LogP contribution in [-0.2, 0) is 21.5 Å². The Labute approximate surface area is 175 Å². The number of ketones is 1. The van der Waals surface area contributed by atoms with Crippen molar-refractivity contribution in [2.24, 2.45) is 5.73 Å². The van der Waals surface area contributed by atoms with Gasteiger partial charge in [0.15, 0.2) is 17.0 Å². The minimum absolute atomic E-state index is 0.0124. The van der Waals surface area contributed by atoms with Gasteiger partial charge in [0.25, 0.3) is 0 Å². The topological polar surface area (TPSA) is 159 Å². The van der Waals surface area contributed by atoms with Crippen LogP contribution in [0.5, 0.6) is 0 Å². The van der Waals surface area contributed by atoms with Crippen LogP contribution >= 0.6 is 0 Å². The highest BCUT2D eigenvalue weighted by molar-refractivity contribution is 6.20. The first-order valence-corrected chi connectivity index (χ1v) is 9.24. The lowest BCUT2D eigenvalue weighted by molar-refractivity contribution is -0.131. The molecule has 1 aromatic carbocycles. The number of nitrogens with zero attached hydrogens (tertiary/aromatic N) is 4. The van der Waals surface area contributed by atoms with Crippen LogP contribution in [0.1, 0.15) is 35.5 Å². The number of hydrogen-bond acceptors (Lipinski definition) is 7. The fraction of sp³-hybridized carbons (Fsp3) is 0.200. The van der Waals surface area contributed by atoms with E-state index in [2.05, 4.69) is 20.4 Å². The van der Waals surface area contributed by atoms with Gasteiger partial charge in [0.1, 0.15) is 28.8 Å². The van der Waals surface area contributed by atoms with E-state index in [1.165, 1.54) is 30.7 Å². The van der Waals surface area contributed by atoms with Gasteiger partial charge in [0.05, 0.1) is 12.1 Å². The van der Waals surface area contributed by atoms with Gasteiger partial charge in [-0.3, -0.25) is 19.1 Å². The van der Waals surface area contributed by atoms with Crippen LogP contribution in [-0.4, -0.2) is 37.3 Å². The molecule has 0 saturated carbocycles. The zero-order chi connectivity index (χ0) is 22.5. The molecule has 158 valence electrons. The van der Waals surface area contributed by atoms with Gasteiger partial charge in [-0.1, -0.05) is 18.2 Å². The van der Waals surface area contributed by atoms with Gasteiger partial charge in [-0.25, -0.2) is 14.4 Å². The second-order valence-corrected chi connectivity index (χ2v) is 7.32. The van der Waals surface area contributed by atoms with E-state index in [-0.39, 0.29) is 46.7 Å². The molecule has 0 unspecified atom stereocenters. The van der Waals surface area contributed by atoms with Gasteiger partial charge in [0, 0.05) is 12.5 Å². The Hall–Kier alpha value is -4.15. The van der Waals surface area contributed by atoms with Crippen molar-refractivity contribution in [1.29, 1.82) is 0 Å². The Morgan fingerprint density at radius 1 is 1.26 bits per heavy atom. The zero-order valence-corrected chi connectivity index (χ0v) is 16.6. The van der Waals surface area contributed by atoms with Gasteiger partial charge in [-0.15, -0.1) is 0 Å². The number of benzene rings is 1. The average Bonchev–Trinajstić information content (AvgIpc) is 3.23. The number of carbonyl (C=O) groups excluding carboxylic acids is 3. The third kappa shape index (κ3) is 3.10. The average molecular weight is 423 g/mol. The van der Waals surface area contributed by atoms with E-state index < -0.39 is 23.0 Å². The fourth-order valence-electron chi connectivity index (χ4n) is 3.48. The van der Waals surface area contributed by atoms with Crippen LogP contribution in [0.4, 0.5) is 16.0 Å². The minimum atomic E-state index is -1.70. The molecule has 2 amide bonds. The van der Waals surface area contributed by atoms with Gasteiger partial charge < -0.3 is 16.8 Å². The molecule has 0 bridgehead atoms. The number of carbonyl (C=O) groups is 3. The molecule has 0 spiro atoms. The summed E-state index contributed by atoms with van der Waals surface area (Å²) in [6, 6.07) is 7.60. The maximum Gasteiger partial charge on any atom is 0.245 e. The summed E-state index contributed by atoms with van der Waals surface area (Å²) in [5.74, 6) is -2.32. The molecule has 10 nitrogen and oxygen atoms in total. The van der Waals surface area contributed by atoms with Gasteiger partial charge >= 0.3 is 0 Å². The summed E-state index contributed by atoms with van der Waals surface area (Å²) in [7, 11) is 0. The molecule has 0 fully saturated rings. The van der Waals surface area contributed by atoms with E-state index in [4.69, 9.17) is 11.5 Å². The van der Waals surface area contributed by atoms with Crippen LogP contribution in [0, 0.1) is 5.82 Å². The molecular weight excluding hydrogens is 405 g/mol. The maximum absolute atomic E-state index is 14.1. The quantitative estimate of drug-likeness (QED) is 0.408. The SMILES string of the molecule is CC(=O)c1cc(-c2nc(N)c3c(n2)NC(=O)[C@@]3(C)C(N)=O)nn1Cc1ccccc1F. The summed E-state index contributed by atoms with van der Waals surface area (Å²) in [6.45, 7) is 2.71. The number of nitrogens with two attached hydrogens (primary N) is 2. The smallest absolute Gasteiger partial charge is 0.245 e. The molecule has 0 saturated heterocycles. The molecule has 4 rings (SSSR count). The van der Waals surface area contributed by atoms with E-state index >= 15 is 0 Å².